The Morgan fingerprint density at radius 1 is 1.28 bits per heavy atom. The van der Waals surface area contributed by atoms with E-state index < -0.39 is 10.4 Å². The van der Waals surface area contributed by atoms with Gasteiger partial charge in [0.05, 0.1) is 19.1 Å². The van der Waals surface area contributed by atoms with E-state index in [9.17, 15) is 13.0 Å². The molecule has 0 bridgehead atoms. The average molecular weight is 475 g/mol. The van der Waals surface area contributed by atoms with Crippen molar-refractivity contribution >= 4 is 10.4 Å². The maximum atomic E-state index is 11.1. The second-order valence-electron chi connectivity index (χ2n) is 10.5. The fraction of sp³-hybridized carbons (Fsp3) is 0.760. The molecule has 2 aliphatic rings. The molecule has 0 radical (unpaired) electrons. The molecule has 2 unspecified atom stereocenters. The maximum absolute atomic E-state index is 11.1. The standard InChI is InChI=1S/C25H40O5S.Na/c1-19-7-5-10-23-24(19,3)14-11-20(2)25(23,4)15-12-21(18-30-31(26,27)28)8-6-9-22-13-16-29-17-22;/h7,13,16-17,20-21,23H,5-6,8-12,14-15,18H2,1-4H3,(H,26,27,28);/q;+1/p-1/t20-,21?,23+,24-,25?;/m1./s1. The van der Waals surface area contributed by atoms with Crippen LogP contribution in [-0.4, -0.2) is 19.6 Å². The van der Waals surface area contributed by atoms with Crippen molar-refractivity contribution in [3.63, 3.8) is 0 Å². The predicted octanol–water partition coefficient (Wildman–Crippen LogP) is 3.28. The summed E-state index contributed by atoms with van der Waals surface area (Å²) in [6, 6.07) is 1.96. The van der Waals surface area contributed by atoms with E-state index in [-0.39, 0.29) is 52.9 Å². The van der Waals surface area contributed by atoms with Gasteiger partial charge in [0.15, 0.2) is 0 Å². The summed E-state index contributed by atoms with van der Waals surface area (Å²) >= 11 is 0. The quantitative estimate of drug-likeness (QED) is 0.225. The first-order valence-electron chi connectivity index (χ1n) is 11.8. The Bertz CT molecular complexity index is 850. The summed E-state index contributed by atoms with van der Waals surface area (Å²) in [6.45, 7) is 9.57. The molecule has 5 atom stereocenters. The van der Waals surface area contributed by atoms with E-state index in [1.54, 1.807) is 18.1 Å². The van der Waals surface area contributed by atoms with Gasteiger partial charge in [-0.15, -0.1) is 0 Å². The smallest absolute Gasteiger partial charge is 0.726 e. The van der Waals surface area contributed by atoms with Crippen molar-refractivity contribution in [3.8, 4) is 0 Å². The minimum atomic E-state index is -4.67. The zero-order valence-corrected chi connectivity index (χ0v) is 23.4. The molecular formula is C25H39NaO5S. The van der Waals surface area contributed by atoms with Crippen LogP contribution in [0.15, 0.2) is 34.7 Å². The second-order valence-corrected chi connectivity index (χ2v) is 11.6. The molecule has 7 heteroatoms. The molecule has 1 heterocycles. The van der Waals surface area contributed by atoms with E-state index in [4.69, 9.17) is 8.60 Å². The zero-order chi connectivity index (χ0) is 22.7. The van der Waals surface area contributed by atoms with Crippen molar-refractivity contribution in [1.82, 2.24) is 0 Å². The van der Waals surface area contributed by atoms with Gasteiger partial charge in [-0.1, -0.05) is 32.4 Å². The Balaban J connectivity index is 0.00000363. The molecule has 176 valence electrons. The SMILES string of the molecule is CC1=CCC[C@@H]2C(C)(CCC(CCCc3ccoc3)COS(=O)(=O)[O-])[C@H](C)CC[C@]12C.[Na+]. The summed E-state index contributed by atoms with van der Waals surface area (Å²) < 4.78 is 43.1. The van der Waals surface area contributed by atoms with Gasteiger partial charge in [0, 0.05) is 0 Å². The molecule has 0 spiro atoms. The van der Waals surface area contributed by atoms with Crippen molar-refractivity contribution in [3.05, 3.63) is 35.8 Å². The van der Waals surface area contributed by atoms with E-state index in [0.717, 1.165) is 44.1 Å². The van der Waals surface area contributed by atoms with Gasteiger partial charge in [-0.25, -0.2) is 8.42 Å². The third kappa shape index (κ3) is 6.73. The summed E-state index contributed by atoms with van der Waals surface area (Å²) in [5.74, 6) is 1.34. The monoisotopic (exact) mass is 474 g/mol. The zero-order valence-electron chi connectivity index (χ0n) is 20.6. The summed E-state index contributed by atoms with van der Waals surface area (Å²) in [5, 5.41) is 0. The third-order valence-electron chi connectivity index (χ3n) is 8.79. The van der Waals surface area contributed by atoms with Crippen LogP contribution >= 0.6 is 0 Å². The Morgan fingerprint density at radius 2 is 2.03 bits per heavy atom. The minimum Gasteiger partial charge on any atom is -0.726 e. The largest absolute Gasteiger partial charge is 1.00 e. The molecule has 0 amide bonds. The molecular weight excluding hydrogens is 435 g/mol. The first-order valence-corrected chi connectivity index (χ1v) is 13.2. The van der Waals surface area contributed by atoms with Gasteiger partial charge in [-0.05, 0) is 105 Å². The molecule has 0 aromatic carbocycles. The molecule has 1 fully saturated rings. The van der Waals surface area contributed by atoms with Crippen molar-refractivity contribution in [1.29, 1.82) is 0 Å². The minimum absolute atomic E-state index is 0. The Morgan fingerprint density at radius 3 is 2.69 bits per heavy atom. The molecule has 1 saturated carbocycles. The van der Waals surface area contributed by atoms with E-state index in [1.165, 1.54) is 19.3 Å². The normalized spacial score (nSPS) is 31.3. The van der Waals surface area contributed by atoms with E-state index in [1.807, 2.05) is 6.07 Å². The molecule has 0 aliphatic heterocycles. The van der Waals surface area contributed by atoms with Gasteiger partial charge < -0.3 is 8.97 Å². The second kappa shape index (κ2) is 11.5. The number of aryl methyl sites for hydroxylation is 1. The fourth-order valence-electron chi connectivity index (χ4n) is 6.37. The van der Waals surface area contributed by atoms with Crippen molar-refractivity contribution in [2.75, 3.05) is 6.61 Å². The molecule has 0 N–H and O–H groups in total. The summed E-state index contributed by atoms with van der Waals surface area (Å²) in [6.07, 6.45) is 15.3. The van der Waals surface area contributed by atoms with Crippen molar-refractivity contribution in [2.45, 2.75) is 85.5 Å². The topological polar surface area (TPSA) is 79.6 Å². The van der Waals surface area contributed by atoms with Crippen LogP contribution in [0.1, 0.15) is 84.6 Å². The molecule has 2 aliphatic carbocycles. The van der Waals surface area contributed by atoms with Gasteiger partial charge in [-0.3, -0.25) is 4.18 Å². The average Bonchev–Trinajstić information content (AvgIpc) is 3.21. The summed E-state index contributed by atoms with van der Waals surface area (Å²) in [4.78, 5) is 0. The number of hydrogen-bond donors (Lipinski definition) is 0. The van der Waals surface area contributed by atoms with Gasteiger partial charge >= 0.3 is 29.6 Å². The van der Waals surface area contributed by atoms with Crippen LogP contribution < -0.4 is 29.6 Å². The molecule has 5 nitrogen and oxygen atoms in total. The van der Waals surface area contributed by atoms with Crippen LogP contribution in [0.2, 0.25) is 0 Å². The Hall–Kier alpha value is -0.110. The number of allylic oxidation sites excluding steroid dienone is 2. The van der Waals surface area contributed by atoms with Gasteiger partial charge in [0.25, 0.3) is 0 Å². The van der Waals surface area contributed by atoms with Gasteiger partial charge in [0.1, 0.15) is 0 Å². The molecule has 0 saturated heterocycles. The molecule has 3 rings (SSSR count). The number of hydrogen-bond acceptors (Lipinski definition) is 5. The molecule has 32 heavy (non-hydrogen) atoms. The Kier molecular flexibility index (Phi) is 10.1. The van der Waals surface area contributed by atoms with E-state index >= 15 is 0 Å². The fourth-order valence-corrected chi connectivity index (χ4v) is 6.73. The predicted molar refractivity (Wildman–Crippen MR) is 121 cm³/mol. The molecule has 1 aromatic heterocycles. The van der Waals surface area contributed by atoms with Crippen LogP contribution in [0.25, 0.3) is 0 Å². The maximum Gasteiger partial charge on any atom is 1.00 e. The van der Waals surface area contributed by atoms with Crippen molar-refractivity contribution in [2.24, 2.45) is 28.6 Å². The van der Waals surface area contributed by atoms with Crippen LogP contribution in [0.3, 0.4) is 0 Å². The number of rotatable bonds is 10. The van der Waals surface area contributed by atoms with E-state index in [0.29, 0.717) is 11.8 Å². The van der Waals surface area contributed by atoms with E-state index in [2.05, 4.69) is 33.8 Å². The first-order chi connectivity index (χ1) is 14.5. The van der Waals surface area contributed by atoms with Crippen LogP contribution in [-0.2, 0) is 21.0 Å². The summed E-state index contributed by atoms with van der Waals surface area (Å²) in [5.41, 5.74) is 3.16. The number of furan rings is 1. The number of fused-ring (bicyclic) bond motifs is 1. The van der Waals surface area contributed by atoms with Gasteiger partial charge in [-0.2, -0.15) is 0 Å². The van der Waals surface area contributed by atoms with Gasteiger partial charge in [0.2, 0.25) is 10.4 Å². The Labute approximate surface area is 217 Å². The van der Waals surface area contributed by atoms with Crippen LogP contribution in [0, 0.1) is 28.6 Å². The summed E-state index contributed by atoms with van der Waals surface area (Å²) in [7, 11) is -4.67. The first kappa shape index (κ1) is 28.1. The third-order valence-corrected chi connectivity index (χ3v) is 9.22. The van der Waals surface area contributed by atoms with Crippen LogP contribution in [0.5, 0.6) is 0 Å². The van der Waals surface area contributed by atoms with Crippen molar-refractivity contribution < 1.29 is 51.1 Å². The van der Waals surface area contributed by atoms with Crippen LogP contribution in [0.4, 0.5) is 0 Å². The molecule has 1 aromatic rings.